The number of benzene rings is 2. The molecule has 1 aliphatic heterocycles. The number of nitrogens with zero attached hydrogens (tertiary/aromatic N) is 1. The molecule has 0 radical (unpaired) electrons. The molecule has 0 amide bonds. The van der Waals surface area contributed by atoms with E-state index < -0.39 is 5.97 Å². The van der Waals surface area contributed by atoms with Crippen LogP contribution in [0.15, 0.2) is 53.0 Å². The van der Waals surface area contributed by atoms with Crippen molar-refractivity contribution in [1.29, 1.82) is 0 Å². The van der Waals surface area contributed by atoms with Crippen LogP contribution in [0.1, 0.15) is 30.0 Å². The van der Waals surface area contributed by atoms with Gasteiger partial charge in [0, 0.05) is 4.47 Å². The second kappa shape index (κ2) is 8.02. The van der Waals surface area contributed by atoms with Crippen molar-refractivity contribution in [2.75, 3.05) is 20.2 Å². The van der Waals surface area contributed by atoms with E-state index in [1.54, 1.807) is 7.11 Å². The molecule has 1 aliphatic rings. The molecule has 2 aromatic carbocycles. The fraction of sp³-hybridized carbons (Fsp3) is 0.350. The van der Waals surface area contributed by atoms with Crippen LogP contribution in [0.5, 0.6) is 5.75 Å². The maximum atomic E-state index is 11.3. The largest absolute Gasteiger partial charge is 0.497 e. The van der Waals surface area contributed by atoms with Gasteiger partial charge in [-0.3, -0.25) is 9.69 Å². The predicted octanol–water partition coefficient (Wildman–Crippen LogP) is 4.34. The Kier molecular flexibility index (Phi) is 5.76. The summed E-state index contributed by atoms with van der Waals surface area (Å²) >= 11 is 3.49. The number of methoxy groups -OCH3 is 1. The van der Waals surface area contributed by atoms with Gasteiger partial charge in [0.25, 0.3) is 0 Å². The summed E-state index contributed by atoms with van der Waals surface area (Å²) in [7, 11) is 1.67. The SMILES string of the molecule is COc1cccc(C(c2ccc(Br)cc2)N2CCC(C(=O)O)CC2)c1. The van der Waals surface area contributed by atoms with E-state index in [0.717, 1.165) is 28.9 Å². The van der Waals surface area contributed by atoms with Crippen LogP contribution in [0.3, 0.4) is 0 Å². The Bertz CT molecular complexity index is 724. The van der Waals surface area contributed by atoms with Gasteiger partial charge in [-0.1, -0.05) is 40.2 Å². The Morgan fingerprint density at radius 1 is 1.16 bits per heavy atom. The van der Waals surface area contributed by atoms with Crippen molar-refractivity contribution in [2.45, 2.75) is 18.9 Å². The maximum absolute atomic E-state index is 11.3. The first kappa shape index (κ1) is 18.0. The molecule has 132 valence electrons. The molecule has 0 bridgehead atoms. The second-order valence-corrected chi connectivity index (χ2v) is 7.29. The lowest BCUT2D eigenvalue weighted by Gasteiger charge is -2.37. The Morgan fingerprint density at radius 3 is 2.44 bits per heavy atom. The molecule has 4 nitrogen and oxygen atoms in total. The van der Waals surface area contributed by atoms with Crippen LogP contribution in [-0.4, -0.2) is 36.2 Å². The molecule has 25 heavy (non-hydrogen) atoms. The van der Waals surface area contributed by atoms with E-state index in [4.69, 9.17) is 4.74 Å². The molecule has 0 aliphatic carbocycles. The minimum absolute atomic E-state index is 0.0953. The van der Waals surface area contributed by atoms with Crippen molar-refractivity contribution in [2.24, 2.45) is 5.92 Å². The van der Waals surface area contributed by atoms with E-state index in [9.17, 15) is 9.90 Å². The lowest BCUT2D eigenvalue weighted by atomic mass is 9.91. The molecule has 1 atom stereocenters. The Balaban J connectivity index is 1.92. The zero-order chi connectivity index (χ0) is 17.8. The number of likely N-dealkylation sites (tertiary alicyclic amines) is 1. The van der Waals surface area contributed by atoms with Gasteiger partial charge < -0.3 is 9.84 Å². The fourth-order valence-corrected chi connectivity index (χ4v) is 3.74. The Hall–Kier alpha value is -1.85. The first-order valence-electron chi connectivity index (χ1n) is 8.44. The number of hydrogen-bond acceptors (Lipinski definition) is 3. The Morgan fingerprint density at radius 2 is 1.84 bits per heavy atom. The maximum Gasteiger partial charge on any atom is 0.306 e. The first-order valence-corrected chi connectivity index (χ1v) is 9.24. The average molecular weight is 404 g/mol. The molecule has 3 rings (SSSR count). The summed E-state index contributed by atoms with van der Waals surface area (Å²) in [6, 6.07) is 16.6. The van der Waals surface area contributed by atoms with Gasteiger partial charge in [0.1, 0.15) is 5.75 Å². The lowest BCUT2D eigenvalue weighted by molar-refractivity contribution is -0.143. The van der Waals surface area contributed by atoms with Gasteiger partial charge in [0.2, 0.25) is 0 Å². The fourth-order valence-electron chi connectivity index (χ4n) is 3.48. The smallest absolute Gasteiger partial charge is 0.306 e. The van der Waals surface area contributed by atoms with Crippen LogP contribution < -0.4 is 4.74 Å². The van der Waals surface area contributed by atoms with Crippen molar-refractivity contribution in [3.05, 3.63) is 64.1 Å². The number of halogens is 1. The summed E-state index contributed by atoms with van der Waals surface area (Å²) in [6.07, 6.45) is 1.37. The minimum Gasteiger partial charge on any atom is -0.497 e. The number of carbonyl (C=O) groups is 1. The molecule has 0 spiro atoms. The quantitative estimate of drug-likeness (QED) is 0.806. The molecular formula is C20H22BrNO3. The normalized spacial score (nSPS) is 17.2. The summed E-state index contributed by atoms with van der Waals surface area (Å²) in [5.74, 6) is -0.0756. The summed E-state index contributed by atoms with van der Waals surface area (Å²) in [5.41, 5.74) is 2.36. The molecule has 1 unspecified atom stereocenters. The minimum atomic E-state index is -0.679. The van der Waals surface area contributed by atoms with Crippen LogP contribution in [0.4, 0.5) is 0 Å². The van der Waals surface area contributed by atoms with Gasteiger partial charge in [0.15, 0.2) is 0 Å². The molecule has 1 heterocycles. The van der Waals surface area contributed by atoms with Crippen molar-refractivity contribution < 1.29 is 14.6 Å². The van der Waals surface area contributed by atoms with E-state index in [-0.39, 0.29) is 12.0 Å². The molecule has 0 aromatic heterocycles. The Labute approximate surface area is 156 Å². The third-order valence-corrected chi connectivity index (χ3v) is 5.37. The van der Waals surface area contributed by atoms with Gasteiger partial charge in [-0.25, -0.2) is 0 Å². The molecule has 1 N–H and O–H groups in total. The van der Waals surface area contributed by atoms with Crippen molar-refractivity contribution >= 4 is 21.9 Å². The van der Waals surface area contributed by atoms with E-state index in [2.05, 4.69) is 45.1 Å². The molecule has 1 saturated heterocycles. The number of rotatable bonds is 5. The standard InChI is InChI=1S/C20H22BrNO3/c1-25-18-4-2-3-16(13-18)19(14-5-7-17(21)8-6-14)22-11-9-15(10-12-22)20(23)24/h2-8,13,15,19H,9-12H2,1H3,(H,23,24). The van der Waals surface area contributed by atoms with Crippen molar-refractivity contribution in [3.8, 4) is 5.75 Å². The number of carboxylic acid groups (broad SMARTS) is 1. The molecule has 1 fully saturated rings. The van der Waals surface area contributed by atoms with Crippen molar-refractivity contribution in [3.63, 3.8) is 0 Å². The number of piperidine rings is 1. The monoisotopic (exact) mass is 403 g/mol. The first-order chi connectivity index (χ1) is 12.1. The van der Waals surface area contributed by atoms with E-state index >= 15 is 0 Å². The van der Waals surface area contributed by atoms with Crippen LogP contribution >= 0.6 is 15.9 Å². The predicted molar refractivity (Wildman–Crippen MR) is 101 cm³/mol. The van der Waals surface area contributed by atoms with E-state index in [0.29, 0.717) is 12.8 Å². The lowest BCUT2D eigenvalue weighted by Crippen LogP contribution is -2.39. The van der Waals surface area contributed by atoms with Gasteiger partial charge in [-0.2, -0.15) is 0 Å². The second-order valence-electron chi connectivity index (χ2n) is 6.38. The van der Waals surface area contributed by atoms with Crippen LogP contribution in [0.25, 0.3) is 0 Å². The summed E-state index contributed by atoms with van der Waals surface area (Å²) in [6.45, 7) is 1.55. The third-order valence-electron chi connectivity index (χ3n) is 4.84. The average Bonchev–Trinajstić information content (AvgIpc) is 2.64. The highest BCUT2D eigenvalue weighted by atomic mass is 79.9. The molecule has 5 heteroatoms. The molecule has 2 aromatic rings. The van der Waals surface area contributed by atoms with E-state index in [1.165, 1.54) is 5.56 Å². The highest BCUT2D eigenvalue weighted by Gasteiger charge is 2.30. The number of carboxylic acids is 1. The highest BCUT2D eigenvalue weighted by molar-refractivity contribution is 9.10. The van der Waals surface area contributed by atoms with Gasteiger partial charge in [0.05, 0.1) is 19.1 Å². The molecule has 0 saturated carbocycles. The van der Waals surface area contributed by atoms with Gasteiger partial charge in [-0.05, 0) is 61.3 Å². The van der Waals surface area contributed by atoms with E-state index in [1.807, 2.05) is 24.3 Å². The van der Waals surface area contributed by atoms with Crippen LogP contribution in [-0.2, 0) is 4.79 Å². The van der Waals surface area contributed by atoms with Crippen LogP contribution in [0, 0.1) is 5.92 Å². The van der Waals surface area contributed by atoms with Gasteiger partial charge >= 0.3 is 5.97 Å². The number of ether oxygens (including phenoxy) is 1. The van der Waals surface area contributed by atoms with Gasteiger partial charge in [-0.15, -0.1) is 0 Å². The third kappa shape index (κ3) is 4.22. The summed E-state index contributed by atoms with van der Waals surface area (Å²) in [4.78, 5) is 13.6. The zero-order valence-electron chi connectivity index (χ0n) is 14.2. The van der Waals surface area contributed by atoms with Crippen LogP contribution in [0.2, 0.25) is 0 Å². The highest BCUT2D eigenvalue weighted by Crippen LogP contribution is 2.34. The topological polar surface area (TPSA) is 49.8 Å². The number of hydrogen-bond donors (Lipinski definition) is 1. The zero-order valence-corrected chi connectivity index (χ0v) is 15.8. The molecular weight excluding hydrogens is 382 g/mol. The van der Waals surface area contributed by atoms with Crippen molar-refractivity contribution in [1.82, 2.24) is 4.90 Å². The summed E-state index contributed by atoms with van der Waals surface area (Å²) in [5, 5.41) is 9.26. The number of aliphatic carboxylic acids is 1. The summed E-state index contributed by atoms with van der Waals surface area (Å²) < 4.78 is 6.44.